The van der Waals surface area contributed by atoms with Crippen LogP contribution in [-0.4, -0.2) is 18.5 Å². The minimum atomic E-state index is 0.156. The quantitative estimate of drug-likeness (QED) is 0.468. The first kappa shape index (κ1) is 6.89. The third kappa shape index (κ3) is 1.87. The number of carbonyl (C=O) groups excluding carboxylic acids is 1. The summed E-state index contributed by atoms with van der Waals surface area (Å²) in [7, 11) is 0. The number of rotatable bonds is 2. The van der Waals surface area contributed by atoms with Crippen LogP contribution in [0.15, 0.2) is 0 Å². The van der Waals surface area contributed by atoms with Crippen molar-refractivity contribution in [1.82, 2.24) is 10.0 Å². The molecule has 0 bridgehead atoms. The van der Waals surface area contributed by atoms with Crippen molar-refractivity contribution >= 4 is 18.7 Å². The fourth-order valence-electron chi connectivity index (χ4n) is 0.941. The maximum absolute atomic E-state index is 10.6. The highest BCUT2D eigenvalue weighted by molar-refractivity contribution is 7.78. The van der Waals surface area contributed by atoms with Crippen LogP contribution in [0.1, 0.15) is 12.8 Å². The molecule has 1 unspecified atom stereocenters. The van der Waals surface area contributed by atoms with Gasteiger partial charge in [0.25, 0.3) is 0 Å². The van der Waals surface area contributed by atoms with E-state index in [0.29, 0.717) is 12.5 Å². The van der Waals surface area contributed by atoms with Crippen molar-refractivity contribution in [3.8, 4) is 0 Å². The smallest absolute Gasteiger partial charge is 0.220 e. The highest BCUT2D eigenvalue weighted by Crippen LogP contribution is 2.04. The predicted octanol–water partition coefficient (Wildman–Crippen LogP) is -0.301. The SMILES string of the molecule is O=C1CCC(CNS)N1. The molecule has 1 fully saturated rings. The molecule has 0 aromatic heterocycles. The van der Waals surface area contributed by atoms with E-state index in [0.717, 1.165) is 13.0 Å². The summed E-state index contributed by atoms with van der Waals surface area (Å²) in [4.78, 5) is 10.6. The molecule has 0 aromatic carbocycles. The van der Waals surface area contributed by atoms with Gasteiger partial charge in [0.15, 0.2) is 0 Å². The highest BCUT2D eigenvalue weighted by Gasteiger charge is 2.19. The van der Waals surface area contributed by atoms with Gasteiger partial charge in [-0.15, -0.1) is 0 Å². The van der Waals surface area contributed by atoms with Gasteiger partial charge in [-0.3, -0.25) is 9.52 Å². The molecule has 1 atom stereocenters. The first-order valence-corrected chi connectivity index (χ1v) is 3.44. The van der Waals surface area contributed by atoms with Crippen LogP contribution >= 0.6 is 12.8 Å². The largest absolute Gasteiger partial charge is 0.352 e. The normalized spacial score (nSPS) is 26.3. The Kier molecular flexibility index (Phi) is 2.36. The van der Waals surface area contributed by atoms with Gasteiger partial charge in [-0.25, -0.2) is 0 Å². The van der Waals surface area contributed by atoms with Crippen LogP contribution < -0.4 is 10.0 Å². The average Bonchev–Trinajstić information content (AvgIpc) is 2.17. The topological polar surface area (TPSA) is 41.1 Å². The van der Waals surface area contributed by atoms with Gasteiger partial charge in [0, 0.05) is 19.0 Å². The maximum Gasteiger partial charge on any atom is 0.220 e. The van der Waals surface area contributed by atoms with Crippen LogP contribution in [0.3, 0.4) is 0 Å². The van der Waals surface area contributed by atoms with Crippen LogP contribution in [0.25, 0.3) is 0 Å². The summed E-state index contributed by atoms with van der Waals surface area (Å²) >= 11 is 3.82. The molecule has 0 saturated carbocycles. The van der Waals surface area contributed by atoms with Crippen molar-refractivity contribution in [3.63, 3.8) is 0 Å². The minimum absolute atomic E-state index is 0.156. The van der Waals surface area contributed by atoms with Crippen molar-refractivity contribution < 1.29 is 4.79 Å². The standard InChI is InChI=1S/C5H10N2OS/c8-5-2-1-4(7-5)3-6-9/h4,6,9H,1-3H2,(H,7,8). The number of carbonyl (C=O) groups is 1. The van der Waals surface area contributed by atoms with E-state index in [1.807, 2.05) is 0 Å². The Morgan fingerprint density at radius 2 is 2.67 bits per heavy atom. The van der Waals surface area contributed by atoms with Gasteiger partial charge in [0.05, 0.1) is 0 Å². The lowest BCUT2D eigenvalue weighted by Gasteiger charge is -2.05. The predicted molar refractivity (Wildman–Crippen MR) is 38.2 cm³/mol. The van der Waals surface area contributed by atoms with E-state index in [-0.39, 0.29) is 5.91 Å². The summed E-state index contributed by atoms with van der Waals surface area (Å²) < 4.78 is 2.71. The second-order valence-electron chi connectivity index (χ2n) is 2.17. The molecule has 52 valence electrons. The summed E-state index contributed by atoms with van der Waals surface area (Å²) in [6.45, 7) is 0.759. The van der Waals surface area contributed by atoms with Crippen molar-refractivity contribution in [2.75, 3.05) is 6.54 Å². The van der Waals surface area contributed by atoms with E-state index in [1.165, 1.54) is 0 Å². The van der Waals surface area contributed by atoms with Crippen LogP contribution in [0.2, 0.25) is 0 Å². The molecule has 4 heteroatoms. The van der Waals surface area contributed by atoms with Crippen molar-refractivity contribution in [2.45, 2.75) is 18.9 Å². The van der Waals surface area contributed by atoms with Gasteiger partial charge >= 0.3 is 0 Å². The second kappa shape index (κ2) is 3.08. The molecule has 1 aliphatic heterocycles. The number of amides is 1. The third-order valence-corrected chi connectivity index (χ3v) is 1.61. The Morgan fingerprint density at radius 3 is 3.11 bits per heavy atom. The third-order valence-electron chi connectivity index (χ3n) is 1.42. The Hall–Kier alpha value is -0.220. The zero-order valence-electron chi connectivity index (χ0n) is 5.05. The van der Waals surface area contributed by atoms with Crippen molar-refractivity contribution in [3.05, 3.63) is 0 Å². The summed E-state index contributed by atoms with van der Waals surface area (Å²) in [5, 5.41) is 2.80. The molecule has 0 aliphatic carbocycles. The summed E-state index contributed by atoms with van der Waals surface area (Å²) in [5.41, 5.74) is 0. The number of hydrogen-bond acceptors (Lipinski definition) is 3. The molecule has 1 saturated heterocycles. The fourth-order valence-corrected chi connectivity index (χ4v) is 1.16. The molecule has 3 nitrogen and oxygen atoms in total. The Morgan fingerprint density at radius 1 is 1.89 bits per heavy atom. The van der Waals surface area contributed by atoms with Gasteiger partial charge in [-0.1, -0.05) is 12.8 Å². The van der Waals surface area contributed by atoms with Gasteiger partial charge in [0.1, 0.15) is 0 Å². The van der Waals surface area contributed by atoms with Crippen molar-refractivity contribution in [2.24, 2.45) is 0 Å². The molecule has 9 heavy (non-hydrogen) atoms. The van der Waals surface area contributed by atoms with E-state index < -0.39 is 0 Å². The zero-order valence-corrected chi connectivity index (χ0v) is 5.95. The molecule has 0 spiro atoms. The van der Waals surface area contributed by atoms with E-state index in [1.54, 1.807) is 0 Å². The first-order valence-electron chi connectivity index (χ1n) is 2.99. The molecule has 1 heterocycles. The van der Waals surface area contributed by atoms with Gasteiger partial charge in [-0.05, 0) is 6.42 Å². The van der Waals surface area contributed by atoms with Crippen LogP contribution in [0.4, 0.5) is 0 Å². The highest BCUT2D eigenvalue weighted by atomic mass is 32.1. The van der Waals surface area contributed by atoms with Crippen LogP contribution in [-0.2, 0) is 4.79 Å². The van der Waals surface area contributed by atoms with Gasteiger partial charge < -0.3 is 5.32 Å². The minimum Gasteiger partial charge on any atom is -0.352 e. The van der Waals surface area contributed by atoms with Crippen molar-refractivity contribution in [1.29, 1.82) is 0 Å². The van der Waals surface area contributed by atoms with Crippen LogP contribution in [0.5, 0.6) is 0 Å². The monoisotopic (exact) mass is 146 g/mol. The van der Waals surface area contributed by atoms with E-state index in [2.05, 4.69) is 22.9 Å². The number of hydrogen-bond donors (Lipinski definition) is 3. The zero-order chi connectivity index (χ0) is 6.69. The molecule has 2 N–H and O–H groups in total. The lowest BCUT2D eigenvalue weighted by Crippen LogP contribution is -2.32. The second-order valence-corrected chi connectivity index (χ2v) is 2.48. The van der Waals surface area contributed by atoms with E-state index >= 15 is 0 Å². The molecule has 1 rings (SSSR count). The summed E-state index contributed by atoms with van der Waals surface area (Å²) in [5.74, 6) is 0.156. The first-order chi connectivity index (χ1) is 4.33. The average molecular weight is 146 g/mol. The molecule has 1 amide bonds. The van der Waals surface area contributed by atoms with Gasteiger partial charge in [-0.2, -0.15) is 0 Å². The molecule has 0 aromatic rings. The molecular weight excluding hydrogens is 136 g/mol. The Bertz CT molecular complexity index is 118. The number of nitrogens with one attached hydrogen (secondary N) is 2. The molecule has 1 aliphatic rings. The lowest BCUT2D eigenvalue weighted by molar-refractivity contribution is -0.119. The molecular formula is C5H10N2OS. The Balaban J connectivity index is 2.22. The Labute approximate surface area is 59.7 Å². The lowest BCUT2D eigenvalue weighted by atomic mass is 10.2. The summed E-state index contributed by atoms with van der Waals surface area (Å²) in [6.07, 6.45) is 1.60. The van der Waals surface area contributed by atoms with Gasteiger partial charge in [0.2, 0.25) is 5.91 Å². The fraction of sp³-hybridized carbons (Fsp3) is 0.800. The van der Waals surface area contributed by atoms with E-state index in [4.69, 9.17) is 0 Å². The van der Waals surface area contributed by atoms with Crippen LogP contribution in [0, 0.1) is 0 Å². The molecule has 0 radical (unpaired) electrons. The van der Waals surface area contributed by atoms with E-state index in [9.17, 15) is 4.79 Å². The number of thiol groups is 1. The maximum atomic E-state index is 10.6. The summed E-state index contributed by atoms with van der Waals surface area (Å²) in [6, 6.07) is 0.301.